The minimum Gasteiger partial charge on any atom is -0.478 e. The van der Waals surface area contributed by atoms with Crippen molar-refractivity contribution < 1.29 is 14.2 Å². The molecule has 3 nitrogen and oxygen atoms in total. The summed E-state index contributed by atoms with van der Waals surface area (Å²) < 4.78 is 4.05. The molecule has 10 heavy (non-hydrogen) atoms. The topological polar surface area (TPSA) is 46.5 Å². The zero-order valence-corrected chi connectivity index (χ0v) is 6.39. The average molecular weight is 165 g/mol. The molecule has 0 aromatic heterocycles. The molecule has 0 aliphatic heterocycles. The Bertz CT molecular complexity index is 142. The molecule has 0 aromatic carbocycles. The Morgan fingerprint density at radius 1 is 1.80 bits per heavy atom. The molecule has 0 bridgehead atoms. The number of aliphatic carboxylic acids is 1. The fourth-order valence-corrected chi connectivity index (χ4v) is 0.647. The molecule has 0 rings (SSSR count). The lowest BCUT2D eigenvalue weighted by Gasteiger charge is -1.95. The maximum absolute atomic E-state index is 10.3. The monoisotopic (exact) mass is 164 g/mol. The molecule has 0 atom stereocenters. The van der Waals surface area contributed by atoms with Gasteiger partial charge in [-0.2, -0.15) is 0 Å². The molecule has 0 aliphatic carbocycles. The van der Waals surface area contributed by atoms with Crippen LogP contribution in [0.2, 0.25) is 0 Å². The molecule has 0 amide bonds. The fraction of sp³-hybridized carbons (Fsp3) is 0.500. The molecule has 0 heterocycles. The minimum atomic E-state index is -0.984. The van der Waals surface area contributed by atoms with Crippen LogP contribution in [-0.4, -0.2) is 11.1 Å². The summed E-state index contributed by atoms with van der Waals surface area (Å²) in [6.45, 7) is 1.88. The van der Waals surface area contributed by atoms with Gasteiger partial charge in [0.05, 0.1) is 5.57 Å². The van der Waals surface area contributed by atoms with Crippen LogP contribution in [0.3, 0.4) is 0 Å². The Labute approximate surface area is 64.4 Å². The lowest BCUT2D eigenvalue weighted by Crippen LogP contribution is -1.99. The average Bonchev–Trinajstić information content (AvgIpc) is 1.87. The van der Waals surface area contributed by atoms with Gasteiger partial charge in [-0.1, -0.05) is 13.3 Å². The molecular formula is C6H9ClO3. The van der Waals surface area contributed by atoms with E-state index in [1.807, 2.05) is 6.92 Å². The first-order valence-corrected chi connectivity index (χ1v) is 3.23. The predicted molar refractivity (Wildman–Crippen MR) is 37.6 cm³/mol. The highest BCUT2D eigenvalue weighted by atomic mass is 35.5. The number of hydrogen-bond acceptors (Lipinski definition) is 2. The SMILES string of the molecule is CCCC(=COCl)C(=O)O. The first-order valence-electron chi connectivity index (χ1n) is 2.92. The molecule has 0 fully saturated rings. The molecule has 0 saturated heterocycles. The van der Waals surface area contributed by atoms with E-state index in [0.717, 1.165) is 12.7 Å². The fourth-order valence-electron chi connectivity index (χ4n) is 0.539. The maximum Gasteiger partial charge on any atom is 0.334 e. The largest absolute Gasteiger partial charge is 0.478 e. The quantitative estimate of drug-likeness (QED) is 0.510. The third-order valence-corrected chi connectivity index (χ3v) is 1.07. The summed E-state index contributed by atoms with van der Waals surface area (Å²) in [7, 11) is 0. The van der Waals surface area contributed by atoms with Crippen molar-refractivity contribution in [3.63, 3.8) is 0 Å². The van der Waals surface area contributed by atoms with E-state index in [9.17, 15) is 4.79 Å². The summed E-state index contributed by atoms with van der Waals surface area (Å²) in [5.74, 6) is -0.984. The van der Waals surface area contributed by atoms with Crippen LogP contribution in [0.5, 0.6) is 0 Å². The number of hydrogen-bond donors (Lipinski definition) is 1. The lowest BCUT2D eigenvalue weighted by atomic mass is 10.2. The number of halogens is 1. The van der Waals surface area contributed by atoms with Gasteiger partial charge in [-0.15, -0.1) is 0 Å². The van der Waals surface area contributed by atoms with Crippen molar-refractivity contribution in [1.82, 2.24) is 0 Å². The Balaban J connectivity index is 3.98. The van der Waals surface area contributed by atoms with Crippen molar-refractivity contribution in [2.75, 3.05) is 0 Å². The molecule has 0 saturated carbocycles. The van der Waals surface area contributed by atoms with Gasteiger partial charge in [0.1, 0.15) is 18.1 Å². The first-order chi connectivity index (χ1) is 4.72. The highest BCUT2D eigenvalue weighted by Crippen LogP contribution is 2.05. The molecule has 0 spiro atoms. The van der Waals surface area contributed by atoms with Crippen LogP contribution < -0.4 is 0 Å². The van der Waals surface area contributed by atoms with Crippen molar-refractivity contribution in [3.05, 3.63) is 11.8 Å². The molecule has 0 radical (unpaired) electrons. The van der Waals surface area contributed by atoms with Crippen LogP contribution >= 0.6 is 11.9 Å². The van der Waals surface area contributed by atoms with Crippen molar-refractivity contribution >= 4 is 17.8 Å². The highest BCUT2D eigenvalue weighted by Gasteiger charge is 2.05. The first kappa shape index (κ1) is 9.30. The zero-order valence-electron chi connectivity index (χ0n) is 5.63. The highest BCUT2D eigenvalue weighted by molar-refractivity contribution is 6.08. The smallest absolute Gasteiger partial charge is 0.334 e. The van der Waals surface area contributed by atoms with Gasteiger partial charge in [0.2, 0.25) is 0 Å². The van der Waals surface area contributed by atoms with E-state index in [4.69, 9.17) is 17.0 Å². The predicted octanol–water partition coefficient (Wildman–Crippen LogP) is 1.93. The molecule has 58 valence electrons. The molecular weight excluding hydrogens is 156 g/mol. The number of carboxylic acid groups (broad SMARTS) is 1. The van der Waals surface area contributed by atoms with Crippen molar-refractivity contribution in [1.29, 1.82) is 0 Å². The number of carbonyl (C=O) groups is 1. The molecule has 0 unspecified atom stereocenters. The summed E-state index contributed by atoms with van der Waals surface area (Å²) >= 11 is 4.84. The Morgan fingerprint density at radius 3 is 2.70 bits per heavy atom. The Morgan fingerprint density at radius 2 is 2.40 bits per heavy atom. The van der Waals surface area contributed by atoms with Crippen molar-refractivity contribution in [2.24, 2.45) is 0 Å². The Hall–Kier alpha value is -0.700. The van der Waals surface area contributed by atoms with Crippen LogP contribution in [0.15, 0.2) is 11.8 Å². The van der Waals surface area contributed by atoms with Crippen LogP contribution in [0.4, 0.5) is 0 Å². The standard InChI is InChI=1S/C6H9ClO3/c1-2-3-5(4-10-7)6(8)9/h4H,2-3H2,1H3,(H,8,9). The van der Waals surface area contributed by atoms with Gasteiger partial charge in [0.15, 0.2) is 0 Å². The van der Waals surface area contributed by atoms with E-state index in [1.165, 1.54) is 0 Å². The van der Waals surface area contributed by atoms with Gasteiger partial charge in [0, 0.05) is 0 Å². The van der Waals surface area contributed by atoms with E-state index in [-0.39, 0.29) is 5.57 Å². The van der Waals surface area contributed by atoms with Crippen LogP contribution in [0.1, 0.15) is 19.8 Å². The van der Waals surface area contributed by atoms with Crippen molar-refractivity contribution in [3.8, 4) is 0 Å². The van der Waals surface area contributed by atoms with E-state index in [1.54, 1.807) is 0 Å². The minimum absolute atomic E-state index is 0.192. The van der Waals surface area contributed by atoms with Gasteiger partial charge in [-0.25, -0.2) is 4.79 Å². The van der Waals surface area contributed by atoms with Crippen molar-refractivity contribution in [2.45, 2.75) is 19.8 Å². The maximum atomic E-state index is 10.3. The third-order valence-electron chi connectivity index (χ3n) is 0.981. The van der Waals surface area contributed by atoms with Gasteiger partial charge in [-0.3, -0.25) is 0 Å². The van der Waals surface area contributed by atoms with Gasteiger partial charge < -0.3 is 9.40 Å². The summed E-state index contributed by atoms with van der Waals surface area (Å²) in [5, 5.41) is 8.43. The number of rotatable bonds is 4. The zero-order chi connectivity index (χ0) is 7.98. The van der Waals surface area contributed by atoms with Gasteiger partial charge in [0.25, 0.3) is 0 Å². The second kappa shape index (κ2) is 5.11. The lowest BCUT2D eigenvalue weighted by molar-refractivity contribution is -0.132. The Kier molecular flexibility index (Phi) is 4.76. The third kappa shape index (κ3) is 3.35. The number of carboxylic acids is 1. The van der Waals surface area contributed by atoms with E-state index in [0.29, 0.717) is 6.42 Å². The normalized spacial score (nSPS) is 11.2. The van der Waals surface area contributed by atoms with Gasteiger partial charge >= 0.3 is 5.97 Å². The molecule has 4 heteroatoms. The summed E-state index contributed by atoms with van der Waals surface area (Å²) in [6, 6.07) is 0. The van der Waals surface area contributed by atoms with Crippen LogP contribution in [-0.2, 0) is 9.08 Å². The van der Waals surface area contributed by atoms with Crippen LogP contribution in [0.25, 0.3) is 0 Å². The summed E-state index contributed by atoms with van der Waals surface area (Å²) in [6.07, 6.45) is 2.27. The summed E-state index contributed by atoms with van der Waals surface area (Å²) in [4.78, 5) is 10.3. The second-order valence-corrected chi connectivity index (χ2v) is 1.97. The van der Waals surface area contributed by atoms with E-state index >= 15 is 0 Å². The van der Waals surface area contributed by atoms with E-state index < -0.39 is 5.97 Å². The van der Waals surface area contributed by atoms with Gasteiger partial charge in [-0.05, 0) is 6.42 Å². The summed E-state index contributed by atoms with van der Waals surface area (Å²) in [5.41, 5.74) is 0.192. The van der Waals surface area contributed by atoms with Crippen LogP contribution in [0, 0.1) is 0 Å². The second-order valence-electron chi connectivity index (χ2n) is 1.79. The molecule has 0 aliphatic rings. The molecule has 1 N–H and O–H groups in total. The molecule has 0 aromatic rings. The van der Waals surface area contributed by atoms with E-state index in [2.05, 4.69) is 4.29 Å².